The first kappa shape index (κ1) is 54.8. The highest BCUT2D eigenvalue weighted by Crippen LogP contribution is 2.51. The largest absolute Gasteiger partial charge is 0.481 e. The van der Waals surface area contributed by atoms with Gasteiger partial charge in [0.15, 0.2) is 0 Å². The van der Waals surface area contributed by atoms with Gasteiger partial charge in [-0.1, -0.05) is 104 Å². The number of H-pyrrole nitrogens is 1. The van der Waals surface area contributed by atoms with Crippen molar-refractivity contribution in [2.24, 2.45) is 17.3 Å². The summed E-state index contributed by atoms with van der Waals surface area (Å²) in [5.41, 5.74) is 11.9. The van der Waals surface area contributed by atoms with Crippen LogP contribution in [0.5, 0.6) is 0 Å². The van der Waals surface area contributed by atoms with Gasteiger partial charge in [0.2, 0.25) is 0 Å². The van der Waals surface area contributed by atoms with Gasteiger partial charge in [0.05, 0.1) is 28.1 Å². The van der Waals surface area contributed by atoms with Gasteiger partial charge in [-0.2, -0.15) is 0 Å². The van der Waals surface area contributed by atoms with Gasteiger partial charge in [0, 0.05) is 67.6 Å². The standard InChI is InChI=1S/C64H88N8O5/c1-42-52(36-54(70(42)38-44-16-12-10-13-17-44)46-30-48(60(3,4)5)34-50(32-46)62(9)21-22-62)57(73)65-27-20-56-67-69-72(68-56)41-64(23-24-64)51-33-47(31-49(35-51)61(6,7)8)55-37-53(43(2)71(55)39-45-18-14-11-15-19-45)58(74)66-40-63(59(75)76)25-28-77-29-26-63/h30-37,44-45H,10-29,38-41H2,1-9H3,(H3,65,66,73,74,75,76)/p+1. The van der Waals surface area contributed by atoms with Crippen LogP contribution in [0.3, 0.4) is 0 Å². The van der Waals surface area contributed by atoms with E-state index in [1.807, 2.05) is 11.7 Å². The van der Waals surface area contributed by atoms with Gasteiger partial charge < -0.3 is 29.6 Å². The molecule has 77 heavy (non-hydrogen) atoms. The van der Waals surface area contributed by atoms with Gasteiger partial charge in [0.1, 0.15) is 6.54 Å². The van der Waals surface area contributed by atoms with E-state index in [2.05, 4.69) is 134 Å². The van der Waals surface area contributed by atoms with Crippen LogP contribution < -0.4 is 15.4 Å². The Hall–Kier alpha value is -5.56. The van der Waals surface area contributed by atoms with Gasteiger partial charge in [-0.05, 0) is 186 Å². The molecule has 13 heteroatoms. The highest BCUT2D eigenvalue weighted by atomic mass is 16.5. The maximum Gasteiger partial charge on any atom is 0.311 e. The normalized spacial score (nSPS) is 19.5. The molecule has 0 atom stereocenters. The average Bonchev–Trinajstić information content (AvgIpc) is 4.27. The first-order chi connectivity index (χ1) is 36.6. The van der Waals surface area contributed by atoms with Crippen LogP contribution in [0.15, 0.2) is 48.5 Å². The Morgan fingerprint density at radius 1 is 0.688 bits per heavy atom. The van der Waals surface area contributed by atoms with E-state index in [1.54, 1.807) is 0 Å². The van der Waals surface area contributed by atoms with Crippen LogP contribution in [0.4, 0.5) is 0 Å². The van der Waals surface area contributed by atoms with E-state index < -0.39 is 11.4 Å². The number of amides is 2. The summed E-state index contributed by atoms with van der Waals surface area (Å²) in [7, 11) is 0. The lowest BCUT2D eigenvalue weighted by Crippen LogP contribution is -2.46. The van der Waals surface area contributed by atoms with E-state index in [1.165, 1.54) is 105 Å². The average molecular weight is 1050 g/mol. The van der Waals surface area contributed by atoms with Gasteiger partial charge in [-0.25, -0.2) is 0 Å². The molecule has 0 radical (unpaired) electrons. The van der Waals surface area contributed by atoms with E-state index in [0.29, 0.717) is 68.8 Å². The number of nitrogens with one attached hydrogen (secondary N) is 3. The van der Waals surface area contributed by atoms with Gasteiger partial charge >= 0.3 is 11.8 Å². The zero-order valence-corrected chi connectivity index (χ0v) is 48.1. The summed E-state index contributed by atoms with van der Waals surface area (Å²) in [6.45, 7) is 23.9. The number of carbonyl (C=O) groups is 3. The molecular formula is C64H89N8O5+. The number of hydrogen-bond donors (Lipinski definition) is 4. The van der Waals surface area contributed by atoms with Crippen molar-refractivity contribution in [2.45, 2.75) is 213 Å². The monoisotopic (exact) mass is 1050 g/mol. The summed E-state index contributed by atoms with van der Waals surface area (Å²) in [6, 6.07) is 18.5. The van der Waals surface area contributed by atoms with Crippen LogP contribution in [-0.4, -0.2) is 73.7 Å². The molecule has 414 valence electrons. The molecule has 4 heterocycles. The van der Waals surface area contributed by atoms with Crippen molar-refractivity contribution >= 4 is 17.8 Å². The third-order valence-electron chi connectivity index (χ3n) is 19.0. The summed E-state index contributed by atoms with van der Waals surface area (Å²) in [5.74, 6) is 0.611. The number of benzene rings is 2. The van der Waals surface area contributed by atoms with E-state index in [0.717, 1.165) is 59.8 Å². The fourth-order valence-electron chi connectivity index (χ4n) is 12.9. The summed E-state index contributed by atoms with van der Waals surface area (Å²) in [5, 5.41) is 29.4. The van der Waals surface area contributed by atoms with Crippen LogP contribution in [0.25, 0.3) is 22.5 Å². The fourth-order valence-corrected chi connectivity index (χ4v) is 12.9. The molecule has 3 aromatic heterocycles. The number of hydrogen-bond acceptors (Lipinski definition) is 6. The quantitative estimate of drug-likeness (QED) is 0.0636. The predicted octanol–water partition coefficient (Wildman–Crippen LogP) is 11.8. The van der Waals surface area contributed by atoms with Crippen molar-refractivity contribution in [3.05, 3.63) is 99.1 Å². The molecule has 5 aromatic rings. The zero-order chi connectivity index (χ0) is 54.5. The molecule has 2 amide bonds. The lowest BCUT2D eigenvalue weighted by Gasteiger charge is -2.33. The number of carbonyl (C=O) groups excluding carboxylic acids is 2. The first-order valence-electron chi connectivity index (χ1n) is 29.6. The lowest BCUT2D eigenvalue weighted by atomic mass is 9.80. The molecule has 4 N–H and O–H groups in total. The summed E-state index contributed by atoms with van der Waals surface area (Å²) >= 11 is 0. The molecular weight excluding hydrogens is 961 g/mol. The van der Waals surface area contributed by atoms with Crippen molar-refractivity contribution in [3.63, 3.8) is 0 Å². The summed E-state index contributed by atoms with van der Waals surface area (Å²) < 4.78 is 10.3. The topological polar surface area (TPSA) is 160 Å². The Kier molecular flexibility index (Phi) is 15.4. The van der Waals surface area contributed by atoms with Crippen molar-refractivity contribution in [3.8, 4) is 22.5 Å². The molecule has 0 spiro atoms. The molecule has 1 saturated heterocycles. The van der Waals surface area contributed by atoms with E-state index in [-0.39, 0.29) is 40.0 Å². The minimum Gasteiger partial charge on any atom is -0.481 e. The molecule has 1 aliphatic heterocycles. The number of aromatic amines is 1. The number of aromatic nitrogens is 6. The number of carboxylic acid groups (broad SMARTS) is 1. The number of carboxylic acids is 1. The van der Waals surface area contributed by atoms with Crippen molar-refractivity contribution < 1.29 is 29.0 Å². The van der Waals surface area contributed by atoms with E-state index in [9.17, 15) is 19.5 Å². The van der Waals surface area contributed by atoms with E-state index >= 15 is 0 Å². The molecule has 10 rings (SSSR count). The molecule has 4 aliphatic carbocycles. The SMILES string of the molecule is Cc1c(C(=O)NCCc2n[nH][n+](CC3(c4cc(-c5cc(C(=O)NCC6(C(=O)O)CCOCC6)c(C)n5CC5CCCCC5)cc(C(C)(C)C)c4)CC3)n2)cc(-c2cc(C(C)(C)C)cc(C3(C)CC3)c2)n1CC1CCCCC1. The number of aliphatic carboxylic acids is 1. The first-order valence-corrected chi connectivity index (χ1v) is 29.6. The second-order valence-electron chi connectivity index (χ2n) is 26.9. The predicted molar refractivity (Wildman–Crippen MR) is 302 cm³/mol. The second kappa shape index (κ2) is 21.6. The number of nitrogens with zero attached hydrogens (tertiary/aromatic N) is 5. The smallest absolute Gasteiger partial charge is 0.311 e. The van der Waals surface area contributed by atoms with Crippen molar-refractivity contribution in [2.75, 3.05) is 26.3 Å². The minimum absolute atomic E-state index is 0.00206. The molecule has 5 fully saturated rings. The second-order valence-corrected chi connectivity index (χ2v) is 26.9. The van der Waals surface area contributed by atoms with Gasteiger partial charge in [-0.3, -0.25) is 14.4 Å². The molecule has 0 bridgehead atoms. The maximum atomic E-state index is 14.3. The van der Waals surface area contributed by atoms with Crippen LogP contribution in [0, 0.1) is 31.1 Å². The maximum absolute atomic E-state index is 14.3. The summed E-state index contributed by atoms with van der Waals surface area (Å²) in [4.78, 5) is 42.9. The number of ether oxygens (including phenoxy) is 1. The Bertz CT molecular complexity index is 2950. The molecule has 2 aromatic carbocycles. The lowest BCUT2D eigenvalue weighted by molar-refractivity contribution is -0.809. The Morgan fingerprint density at radius 3 is 1.69 bits per heavy atom. The van der Waals surface area contributed by atoms with Gasteiger partial charge in [-0.15, -0.1) is 0 Å². The Morgan fingerprint density at radius 2 is 1.19 bits per heavy atom. The van der Waals surface area contributed by atoms with Gasteiger partial charge in [0.25, 0.3) is 11.8 Å². The highest BCUT2D eigenvalue weighted by molar-refractivity contribution is 5.98. The highest BCUT2D eigenvalue weighted by Gasteiger charge is 2.48. The molecule has 13 nitrogen and oxygen atoms in total. The van der Waals surface area contributed by atoms with Crippen LogP contribution in [0.1, 0.15) is 211 Å². The van der Waals surface area contributed by atoms with Crippen LogP contribution >= 0.6 is 0 Å². The fraction of sp³-hybridized carbons (Fsp3) is 0.625. The summed E-state index contributed by atoms with van der Waals surface area (Å²) in [6.07, 6.45) is 18.1. The third kappa shape index (κ3) is 11.9. The zero-order valence-electron chi connectivity index (χ0n) is 48.1. The third-order valence-corrected chi connectivity index (χ3v) is 19.0. The van der Waals surface area contributed by atoms with Crippen molar-refractivity contribution in [1.29, 1.82) is 0 Å². The molecule has 5 aliphatic rings. The number of tetrazole rings is 1. The Balaban J connectivity index is 0.870. The van der Waals surface area contributed by atoms with Crippen LogP contribution in [-0.2, 0) is 57.2 Å². The minimum atomic E-state index is -1.04. The van der Waals surface area contributed by atoms with E-state index in [4.69, 9.17) is 9.84 Å². The van der Waals surface area contributed by atoms with Crippen molar-refractivity contribution in [1.82, 2.24) is 35.2 Å². The molecule has 0 unspecified atom stereocenters. The molecule has 4 saturated carbocycles. The number of rotatable bonds is 18. The van der Waals surface area contributed by atoms with Crippen LogP contribution in [0.2, 0.25) is 0 Å². The Labute approximate surface area is 458 Å².